The van der Waals surface area contributed by atoms with Crippen molar-refractivity contribution < 1.29 is 0 Å². The molecule has 0 saturated carbocycles. The van der Waals surface area contributed by atoms with Crippen molar-refractivity contribution in [3.8, 4) is 0 Å². The third-order valence-corrected chi connectivity index (χ3v) is 3.40. The van der Waals surface area contributed by atoms with Crippen molar-refractivity contribution in [2.24, 2.45) is 5.41 Å². The molecule has 0 amide bonds. The number of rotatable bonds is 4. The lowest BCUT2D eigenvalue weighted by Crippen LogP contribution is -2.34. The second-order valence-electron chi connectivity index (χ2n) is 5.40. The number of hydrogen-bond acceptors (Lipinski definition) is 2. The lowest BCUT2D eigenvalue weighted by Gasteiger charge is -2.29. The Hall–Kier alpha value is -0.860. The summed E-state index contributed by atoms with van der Waals surface area (Å²) in [5.41, 5.74) is 1.86. The van der Waals surface area contributed by atoms with Crippen LogP contribution in [0.4, 0.5) is 0 Å². The van der Waals surface area contributed by atoms with E-state index in [1.807, 2.05) is 0 Å². The topological polar surface area (TPSA) is 15.3 Å². The minimum atomic E-state index is 0.462. The van der Waals surface area contributed by atoms with Crippen LogP contribution in [0.2, 0.25) is 0 Å². The molecule has 88 valence electrons. The summed E-state index contributed by atoms with van der Waals surface area (Å²) in [5.74, 6) is 0. The molecular weight excluding hydrogens is 196 g/mol. The van der Waals surface area contributed by atoms with Gasteiger partial charge >= 0.3 is 0 Å². The average Bonchev–Trinajstić information content (AvgIpc) is 2.66. The molecule has 1 N–H and O–H groups in total. The van der Waals surface area contributed by atoms with E-state index in [0.29, 0.717) is 5.41 Å². The molecule has 2 nitrogen and oxygen atoms in total. The van der Waals surface area contributed by atoms with Gasteiger partial charge in [-0.25, -0.2) is 0 Å². The maximum Gasteiger partial charge on any atom is 0.0230 e. The number of hydrogen-bond donors (Lipinski definition) is 1. The second-order valence-corrected chi connectivity index (χ2v) is 5.40. The highest BCUT2D eigenvalue weighted by atomic mass is 15.1. The normalized spacial score (nSPS) is 25.2. The molecule has 1 aromatic rings. The molecule has 0 aromatic heterocycles. The predicted molar refractivity (Wildman–Crippen MR) is 68.4 cm³/mol. The molecule has 1 fully saturated rings. The number of nitrogens with zero attached hydrogens (tertiary/aromatic N) is 1. The van der Waals surface area contributed by atoms with E-state index in [0.717, 1.165) is 13.1 Å². The second kappa shape index (κ2) is 4.98. The lowest BCUT2D eigenvalue weighted by molar-refractivity contribution is 0.203. The fourth-order valence-corrected chi connectivity index (χ4v) is 2.61. The van der Waals surface area contributed by atoms with Gasteiger partial charge in [0.1, 0.15) is 0 Å². The molecule has 1 heterocycles. The maximum atomic E-state index is 3.46. The molecule has 0 aliphatic carbocycles. The van der Waals surface area contributed by atoms with E-state index in [-0.39, 0.29) is 0 Å². The summed E-state index contributed by atoms with van der Waals surface area (Å²) in [4.78, 5) is 2.43. The van der Waals surface area contributed by atoms with Gasteiger partial charge in [0.05, 0.1) is 0 Å². The summed E-state index contributed by atoms with van der Waals surface area (Å²) >= 11 is 0. The Morgan fingerprint density at radius 3 is 2.69 bits per heavy atom. The first-order chi connectivity index (χ1) is 7.68. The van der Waals surface area contributed by atoms with Crippen molar-refractivity contribution in [1.29, 1.82) is 0 Å². The van der Waals surface area contributed by atoms with Crippen LogP contribution in [-0.2, 0) is 6.54 Å². The minimum absolute atomic E-state index is 0.462. The smallest absolute Gasteiger partial charge is 0.0230 e. The molecular formula is C14H22N2. The Morgan fingerprint density at radius 2 is 2.06 bits per heavy atom. The van der Waals surface area contributed by atoms with Crippen molar-refractivity contribution in [3.05, 3.63) is 35.9 Å². The van der Waals surface area contributed by atoms with Crippen LogP contribution in [-0.4, -0.2) is 31.6 Å². The number of benzene rings is 1. The summed E-state index contributed by atoms with van der Waals surface area (Å²) in [5, 5.41) is 3.46. The lowest BCUT2D eigenvalue weighted by atomic mass is 9.89. The van der Waals surface area contributed by atoms with E-state index in [1.165, 1.54) is 25.1 Å². The predicted octanol–water partition coefficient (Wildman–Crippen LogP) is 2.12. The van der Waals surface area contributed by atoms with Gasteiger partial charge in [0.25, 0.3) is 0 Å². The standard InChI is InChI=1S/C14H22N2/c1-14(8-9-15-11-14)12-16(2)10-13-6-4-3-5-7-13/h3-7,15H,8-12H2,1-2H3. The Bertz CT molecular complexity index is 315. The van der Waals surface area contributed by atoms with Gasteiger partial charge in [0.2, 0.25) is 0 Å². The van der Waals surface area contributed by atoms with E-state index in [2.05, 4.69) is 54.5 Å². The molecule has 0 bridgehead atoms. The van der Waals surface area contributed by atoms with Crippen LogP contribution in [0.25, 0.3) is 0 Å². The van der Waals surface area contributed by atoms with Gasteiger partial charge in [0.15, 0.2) is 0 Å². The number of nitrogens with one attached hydrogen (secondary N) is 1. The first-order valence-electron chi connectivity index (χ1n) is 6.11. The summed E-state index contributed by atoms with van der Waals surface area (Å²) < 4.78 is 0. The van der Waals surface area contributed by atoms with Gasteiger partial charge in [-0.2, -0.15) is 0 Å². The first-order valence-corrected chi connectivity index (χ1v) is 6.11. The zero-order chi connectivity index (χ0) is 11.4. The fraction of sp³-hybridized carbons (Fsp3) is 0.571. The van der Waals surface area contributed by atoms with Gasteiger partial charge in [-0.3, -0.25) is 0 Å². The third kappa shape index (κ3) is 3.06. The quantitative estimate of drug-likeness (QED) is 0.833. The zero-order valence-corrected chi connectivity index (χ0v) is 10.4. The van der Waals surface area contributed by atoms with Gasteiger partial charge in [-0.15, -0.1) is 0 Å². The molecule has 16 heavy (non-hydrogen) atoms. The van der Waals surface area contributed by atoms with Gasteiger partial charge < -0.3 is 10.2 Å². The van der Waals surface area contributed by atoms with Crippen LogP contribution in [0, 0.1) is 5.41 Å². The van der Waals surface area contributed by atoms with Gasteiger partial charge in [0, 0.05) is 19.6 Å². The summed E-state index contributed by atoms with van der Waals surface area (Å²) in [7, 11) is 2.22. The van der Waals surface area contributed by atoms with Crippen LogP contribution in [0.15, 0.2) is 30.3 Å². The molecule has 1 aliphatic rings. The summed E-state index contributed by atoms with van der Waals surface area (Å²) in [6, 6.07) is 10.7. The average molecular weight is 218 g/mol. The Morgan fingerprint density at radius 1 is 1.31 bits per heavy atom. The summed E-state index contributed by atoms with van der Waals surface area (Å²) in [6.45, 7) is 6.95. The van der Waals surface area contributed by atoms with E-state index in [4.69, 9.17) is 0 Å². The molecule has 2 rings (SSSR count). The van der Waals surface area contributed by atoms with Crippen LogP contribution < -0.4 is 5.32 Å². The van der Waals surface area contributed by atoms with Crippen molar-refractivity contribution in [1.82, 2.24) is 10.2 Å². The van der Waals surface area contributed by atoms with Crippen LogP contribution in [0.3, 0.4) is 0 Å². The SMILES string of the molecule is CN(Cc1ccccc1)CC1(C)CCNC1. The highest BCUT2D eigenvalue weighted by molar-refractivity contribution is 5.14. The largest absolute Gasteiger partial charge is 0.316 e. The molecule has 0 spiro atoms. The van der Waals surface area contributed by atoms with Crippen LogP contribution in [0.5, 0.6) is 0 Å². The summed E-state index contributed by atoms with van der Waals surface area (Å²) in [6.07, 6.45) is 1.30. The molecule has 1 aliphatic heterocycles. The molecule has 1 aromatic carbocycles. The molecule has 1 atom stereocenters. The van der Waals surface area contributed by atoms with Crippen molar-refractivity contribution in [2.75, 3.05) is 26.7 Å². The highest BCUT2D eigenvalue weighted by Gasteiger charge is 2.29. The zero-order valence-electron chi connectivity index (χ0n) is 10.4. The van der Waals surface area contributed by atoms with E-state index in [9.17, 15) is 0 Å². The minimum Gasteiger partial charge on any atom is -0.316 e. The monoisotopic (exact) mass is 218 g/mol. The van der Waals surface area contributed by atoms with E-state index in [1.54, 1.807) is 0 Å². The van der Waals surface area contributed by atoms with Crippen LogP contribution >= 0.6 is 0 Å². The van der Waals surface area contributed by atoms with Gasteiger partial charge in [-0.1, -0.05) is 37.3 Å². The molecule has 1 unspecified atom stereocenters. The van der Waals surface area contributed by atoms with Crippen LogP contribution in [0.1, 0.15) is 18.9 Å². The third-order valence-electron chi connectivity index (χ3n) is 3.40. The van der Waals surface area contributed by atoms with Gasteiger partial charge in [-0.05, 0) is 31.0 Å². The van der Waals surface area contributed by atoms with Crippen molar-refractivity contribution in [2.45, 2.75) is 19.9 Å². The first kappa shape index (κ1) is 11.6. The Balaban J connectivity index is 1.86. The fourth-order valence-electron chi connectivity index (χ4n) is 2.61. The van der Waals surface area contributed by atoms with E-state index < -0.39 is 0 Å². The Labute approximate surface area is 98.7 Å². The molecule has 0 radical (unpaired) electrons. The molecule has 2 heteroatoms. The maximum absolute atomic E-state index is 3.46. The highest BCUT2D eigenvalue weighted by Crippen LogP contribution is 2.25. The Kier molecular flexibility index (Phi) is 3.62. The van der Waals surface area contributed by atoms with Crippen molar-refractivity contribution in [3.63, 3.8) is 0 Å². The van der Waals surface area contributed by atoms with Crippen molar-refractivity contribution >= 4 is 0 Å². The molecule has 1 saturated heterocycles. The van der Waals surface area contributed by atoms with E-state index >= 15 is 0 Å².